The molecule has 1 aromatic carbocycles. The van der Waals surface area contributed by atoms with Gasteiger partial charge in [-0.1, -0.05) is 25.0 Å². The van der Waals surface area contributed by atoms with E-state index in [-0.39, 0.29) is 11.8 Å². The highest BCUT2D eigenvalue weighted by Crippen LogP contribution is 2.10. The predicted octanol–water partition coefficient (Wildman–Crippen LogP) is 3.38. The number of hydrogen-bond acceptors (Lipinski definition) is 4. The third kappa shape index (κ3) is 14.1. The van der Waals surface area contributed by atoms with Crippen LogP contribution in [0.25, 0.3) is 0 Å². The number of aliphatic carboxylic acids is 1. The summed E-state index contributed by atoms with van der Waals surface area (Å²) in [7, 11) is 0. The van der Waals surface area contributed by atoms with Gasteiger partial charge < -0.3 is 21.5 Å². The summed E-state index contributed by atoms with van der Waals surface area (Å²) < 4.78 is 1.21. The first-order chi connectivity index (χ1) is 14.9. The second-order valence-electron chi connectivity index (χ2n) is 7.74. The van der Waals surface area contributed by atoms with Crippen LogP contribution in [0.5, 0.6) is 0 Å². The SMILES string of the molecule is NCCCCC(NC(=O)CCCCCCNC(=O)CCCc1ccc(I)cc1)C(=O)O. The summed E-state index contributed by atoms with van der Waals surface area (Å²) >= 11 is 2.28. The number of aryl methyl sites for hydroxylation is 1. The quantitative estimate of drug-likeness (QED) is 0.177. The number of nitrogens with one attached hydrogen (secondary N) is 2. The van der Waals surface area contributed by atoms with Crippen LogP contribution >= 0.6 is 22.6 Å². The molecule has 174 valence electrons. The topological polar surface area (TPSA) is 122 Å². The zero-order chi connectivity index (χ0) is 22.9. The van der Waals surface area contributed by atoms with Crippen LogP contribution < -0.4 is 16.4 Å². The zero-order valence-corrected chi connectivity index (χ0v) is 20.4. The largest absolute Gasteiger partial charge is 0.480 e. The minimum atomic E-state index is -1.00. The number of benzene rings is 1. The molecule has 0 saturated carbocycles. The number of nitrogens with two attached hydrogens (primary N) is 1. The number of rotatable bonds is 17. The summed E-state index contributed by atoms with van der Waals surface area (Å²) in [5, 5.41) is 14.7. The van der Waals surface area contributed by atoms with Gasteiger partial charge in [0.1, 0.15) is 6.04 Å². The summed E-state index contributed by atoms with van der Waals surface area (Å²) in [5.41, 5.74) is 6.67. The van der Waals surface area contributed by atoms with Crippen LogP contribution in [0.2, 0.25) is 0 Å². The zero-order valence-electron chi connectivity index (χ0n) is 18.2. The van der Waals surface area contributed by atoms with Crippen molar-refractivity contribution in [3.63, 3.8) is 0 Å². The Morgan fingerprint density at radius 2 is 1.58 bits per heavy atom. The Balaban J connectivity index is 2.02. The van der Waals surface area contributed by atoms with E-state index in [9.17, 15) is 19.5 Å². The van der Waals surface area contributed by atoms with Crippen molar-refractivity contribution in [1.29, 1.82) is 0 Å². The van der Waals surface area contributed by atoms with Crippen molar-refractivity contribution in [2.24, 2.45) is 5.73 Å². The van der Waals surface area contributed by atoms with E-state index in [1.807, 2.05) is 0 Å². The molecule has 1 aromatic rings. The molecule has 31 heavy (non-hydrogen) atoms. The van der Waals surface area contributed by atoms with Gasteiger partial charge in [0, 0.05) is 23.0 Å². The van der Waals surface area contributed by atoms with Gasteiger partial charge in [0.2, 0.25) is 11.8 Å². The van der Waals surface area contributed by atoms with E-state index in [1.54, 1.807) is 0 Å². The molecule has 0 saturated heterocycles. The Kier molecular flexibility index (Phi) is 15.0. The first-order valence-corrected chi connectivity index (χ1v) is 12.2. The van der Waals surface area contributed by atoms with Gasteiger partial charge in [-0.05, 0) is 91.8 Å². The number of carboxylic acids is 1. The van der Waals surface area contributed by atoms with Crippen LogP contribution in [0.1, 0.15) is 69.8 Å². The maximum atomic E-state index is 11.9. The molecule has 0 aliphatic carbocycles. The smallest absolute Gasteiger partial charge is 0.326 e. The van der Waals surface area contributed by atoms with Crippen LogP contribution in [0.3, 0.4) is 0 Å². The van der Waals surface area contributed by atoms with Crippen molar-refractivity contribution in [1.82, 2.24) is 10.6 Å². The van der Waals surface area contributed by atoms with E-state index in [2.05, 4.69) is 57.5 Å². The molecular formula is C23H36IN3O4. The summed E-state index contributed by atoms with van der Waals surface area (Å²) in [6.07, 6.45) is 7.83. The van der Waals surface area contributed by atoms with Gasteiger partial charge in [0.05, 0.1) is 0 Å². The van der Waals surface area contributed by atoms with E-state index < -0.39 is 12.0 Å². The number of halogens is 1. The van der Waals surface area contributed by atoms with Crippen molar-refractivity contribution in [2.45, 2.75) is 76.7 Å². The van der Waals surface area contributed by atoms with Crippen LogP contribution in [-0.2, 0) is 20.8 Å². The summed E-state index contributed by atoms with van der Waals surface area (Å²) in [5.74, 6) is -1.14. The normalized spacial score (nSPS) is 11.7. The van der Waals surface area contributed by atoms with Gasteiger partial charge in [0.25, 0.3) is 0 Å². The molecule has 0 fully saturated rings. The predicted molar refractivity (Wildman–Crippen MR) is 131 cm³/mol. The number of carbonyl (C=O) groups excluding carboxylic acids is 2. The molecular weight excluding hydrogens is 509 g/mol. The van der Waals surface area contributed by atoms with Gasteiger partial charge in [-0.3, -0.25) is 9.59 Å². The fourth-order valence-electron chi connectivity index (χ4n) is 3.20. The van der Waals surface area contributed by atoms with E-state index in [4.69, 9.17) is 5.73 Å². The molecule has 0 spiro atoms. The van der Waals surface area contributed by atoms with Crippen molar-refractivity contribution in [3.8, 4) is 0 Å². The number of amides is 2. The average Bonchev–Trinajstić information content (AvgIpc) is 2.73. The maximum absolute atomic E-state index is 11.9. The summed E-state index contributed by atoms with van der Waals surface area (Å²) in [4.78, 5) is 35.0. The molecule has 1 atom stereocenters. The third-order valence-corrected chi connectivity index (χ3v) is 5.73. The lowest BCUT2D eigenvalue weighted by molar-refractivity contribution is -0.142. The van der Waals surface area contributed by atoms with E-state index >= 15 is 0 Å². The van der Waals surface area contributed by atoms with Gasteiger partial charge in [-0.25, -0.2) is 4.79 Å². The molecule has 5 N–H and O–H groups in total. The molecule has 1 unspecified atom stereocenters. The molecule has 0 radical (unpaired) electrons. The van der Waals surface area contributed by atoms with Gasteiger partial charge in [-0.15, -0.1) is 0 Å². The summed E-state index contributed by atoms with van der Waals surface area (Å²) in [6, 6.07) is 7.52. The Morgan fingerprint density at radius 1 is 0.903 bits per heavy atom. The Hall–Kier alpha value is -1.68. The standard InChI is InChI=1S/C23H36IN3O4/c24-19-14-12-18(13-15-19)8-7-11-21(28)26-17-6-2-1-3-10-22(29)27-20(23(30)31)9-4-5-16-25/h12-15,20H,1-11,16-17,25H2,(H,26,28)(H,27,29)(H,30,31). The second-order valence-corrected chi connectivity index (χ2v) is 8.98. The molecule has 0 aliphatic heterocycles. The minimum absolute atomic E-state index is 0.0826. The molecule has 0 aliphatic rings. The number of hydrogen-bond donors (Lipinski definition) is 4. The van der Waals surface area contributed by atoms with Crippen LogP contribution in [0.4, 0.5) is 0 Å². The number of unbranched alkanes of at least 4 members (excludes halogenated alkanes) is 4. The Morgan fingerprint density at radius 3 is 2.26 bits per heavy atom. The number of carbonyl (C=O) groups is 3. The Bertz CT molecular complexity index is 667. The van der Waals surface area contributed by atoms with Crippen molar-refractivity contribution in [2.75, 3.05) is 13.1 Å². The second kappa shape index (κ2) is 16.9. The summed E-state index contributed by atoms with van der Waals surface area (Å²) in [6.45, 7) is 1.17. The highest BCUT2D eigenvalue weighted by molar-refractivity contribution is 14.1. The molecule has 7 nitrogen and oxygen atoms in total. The first-order valence-electron chi connectivity index (χ1n) is 11.2. The van der Waals surface area contributed by atoms with Crippen molar-refractivity contribution >= 4 is 40.4 Å². The molecule has 2 amide bonds. The maximum Gasteiger partial charge on any atom is 0.326 e. The first kappa shape index (κ1) is 27.4. The highest BCUT2D eigenvalue weighted by atomic mass is 127. The lowest BCUT2D eigenvalue weighted by atomic mass is 10.1. The van der Waals surface area contributed by atoms with Gasteiger partial charge in [0.15, 0.2) is 0 Å². The highest BCUT2D eigenvalue weighted by Gasteiger charge is 2.18. The van der Waals surface area contributed by atoms with Gasteiger partial charge in [-0.2, -0.15) is 0 Å². The lowest BCUT2D eigenvalue weighted by Gasteiger charge is -2.14. The monoisotopic (exact) mass is 545 g/mol. The fraction of sp³-hybridized carbons (Fsp3) is 0.609. The van der Waals surface area contributed by atoms with Gasteiger partial charge >= 0.3 is 5.97 Å². The van der Waals surface area contributed by atoms with Crippen molar-refractivity contribution in [3.05, 3.63) is 33.4 Å². The van der Waals surface area contributed by atoms with E-state index in [1.165, 1.54) is 9.13 Å². The van der Waals surface area contributed by atoms with Crippen LogP contribution in [-0.4, -0.2) is 42.0 Å². The fourth-order valence-corrected chi connectivity index (χ4v) is 3.56. The van der Waals surface area contributed by atoms with E-state index in [0.717, 1.165) is 38.5 Å². The molecule has 0 bridgehead atoms. The number of carboxylic acid groups (broad SMARTS) is 1. The lowest BCUT2D eigenvalue weighted by Crippen LogP contribution is -2.40. The van der Waals surface area contributed by atoms with Crippen LogP contribution in [0, 0.1) is 3.57 Å². The molecule has 0 heterocycles. The third-order valence-electron chi connectivity index (χ3n) is 5.02. The minimum Gasteiger partial charge on any atom is -0.480 e. The molecule has 8 heteroatoms. The van der Waals surface area contributed by atoms with E-state index in [0.29, 0.717) is 45.2 Å². The van der Waals surface area contributed by atoms with Crippen molar-refractivity contribution < 1.29 is 19.5 Å². The van der Waals surface area contributed by atoms with Crippen LogP contribution in [0.15, 0.2) is 24.3 Å². The molecule has 0 aromatic heterocycles. The average molecular weight is 545 g/mol. The Labute approximate surface area is 199 Å². The molecule has 1 rings (SSSR count).